The number of carbonyl (C=O) groups is 2. The van der Waals surface area contributed by atoms with Crippen molar-refractivity contribution < 1.29 is 14.7 Å². The highest BCUT2D eigenvalue weighted by Crippen LogP contribution is 2.09. The molecule has 22 heavy (non-hydrogen) atoms. The monoisotopic (exact) mass is 301 g/mol. The lowest BCUT2D eigenvalue weighted by molar-refractivity contribution is -0.138. The van der Waals surface area contributed by atoms with E-state index in [2.05, 4.69) is 5.10 Å². The third-order valence-corrected chi connectivity index (χ3v) is 3.32. The van der Waals surface area contributed by atoms with Crippen molar-refractivity contribution in [3.63, 3.8) is 0 Å². The number of carboxylic acid groups (broad SMARTS) is 1. The molecular formula is C16H19N3O3. The fourth-order valence-corrected chi connectivity index (χ4v) is 2.08. The summed E-state index contributed by atoms with van der Waals surface area (Å²) >= 11 is 0. The largest absolute Gasteiger partial charge is 0.481 e. The molecule has 0 saturated carbocycles. The van der Waals surface area contributed by atoms with Crippen molar-refractivity contribution in [2.45, 2.75) is 19.3 Å². The zero-order valence-corrected chi connectivity index (χ0v) is 12.5. The summed E-state index contributed by atoms with van der Waals surface area (Å²) in [6.07, 6.45) is 4.30. The van der Waals surface area contributed by atoms with E-state index in [1.54, 1.807) is 22.8 Å². The Labute approximate surface area is 129 Å². The number of nitrogens with zero attached hydrogens (tertiary/aromatic N) is 3. The van der Waals surface area contributed by atoms with Crippen LogP contribution in [0.3, 0.4) is 0 Å². The molecule has 0 spiro atoms. The molecule has 1 amide bonds. The van der Waals surface area contributed by atoms with Crippen molar-refractivity contribution in [2.24, 2.45) is 0 Å². The van der Waals surface area contributed by atoms with Crippen LogP contribution < -0.4 is 0 Å². The lowest BCUT2D eigenvalue weighted by Crippen LogP contribution is -2.29. The number of rotatable bonds is 7. The fourth-order valence-electron chi connectivity index (χ4n) is 2.08. The lowest BCUT2D eigenvalue weighted by atomic mass is 10.2. The number of likely N-dealkylation sites (N-methyl/N-ethyl adjacent to an activating group) is 1. The summed E-state index contributed by atoms with van der Waals surface area (Å²) in [5, 5.41) is 12.8. The molecule has 0 saturated heterocycles. The number of carbonyl (C=O) groups excluding carboxylic acids is 1. The highest BCUT2D eigenvalue weighted by atomic mass is 16.4. The van der Waals surface area contributed by atoms with Gasteiger partial charge in [0.2, 0.25) is 5.91 Å². The van der Waals surface area contributed by atoms with Crippen LogP contribution in [0.4, 0.5) is 0 Å². The molecule has 116 valence electrons. The summed E-state index contributed by atoms with van der Waals surface area (Å²) in [4.78, 5) is 24.1. The second kappa shape index (κ2) is 7.40. The summed E-state index contributed by atoms with van der Waals surface area (Å²) in [5.74, 6) is -0.886. The van der Waals surface area contributed by atoms with Crippen LogP contribution in [0, 0.1) is 0 Å². The van der Waals surface area contributed by atoms with Gasteiger partial charge in [0.05, 0.1) is 18.3 Å². The van der Waals surface area contributed by atoms with Gasteiger partial charge in [0, 0.05) is 26.2 Å². The van der Waals surface area contributed by atoms with Crippen molar-refractivity contribution in [2.75, 3.05) is 13.6 Å². The summed E-state index contributed by atoms with van der Waals surface area (Å²) in [6, 6.07) is 9.67. The first-order valence-electron chi connectivity index (χ1n) is 7.11. The summed E-state index contributed by atoms with van der Waals surface area (Å²) in [5.41, 5.74) is 1.77. The number of amides is 1. The zero-order valence-electron chi connectivity index (χ0n) is 12.5. The summed E-state index contributed by atoms with van der Waals surface area (Å²) < 4.78 is 1.73. The maximum absolute atomic E-state index is 12.1. The van der Waals surface area contributed by atoms with Crippen molar-refractivity contribution in [3.05, 3.63) is 48.3 Å². The van der Waals surface area contributed by atoms with Gasteiger partial charge < -0.3 is 10.0 Å². The first-order chi connectivity index (χ1) is 10.6. The molecule has 6 nitrogen and oxygen atoms in total. The normalized spacial score (nSPS) is 10.4. The van der Waals surface area contributed by atoms with Gasteiger partial charge in [-0.1, -0.05) is 18.2 Å². The van der Waals surface area contributed by atoms with E-state index in [1.807, 2.05) is 36.5 Å². The Morgan fingerprint density at radius 3 is 2.68 bits per heavy atom. The molecule has 0 aliphatic carbocycles. The van der Waals surface area contributed by atoms with Gasteiger partial charge in [0.15, 0.2) is 0 Å². The molecule has 6 heteroatoms. The van der Waals surface area contributed by atoms with Gasteiger partial charge in [-0.2, -0.15) is 5.10 Å². The fraction of sp³-hybridized carbons (Fsp3) is 0.312. The third-order valence-electron chi connectivity index (χ3n) is 3.32. The molecule has 2 aromatic rings. The van der Waals surface area contributed by atoms with Crippen molar-refractivity contribution >= 4 is 11.9 Å². The third kappa shape index (κ3) is 4.44. The SMILES string of the molecule is CN(CCCC(=O)O)C(=O)Cc1cnn(-c2ccccc2)c1. The van der Waals surface area contributed by atoms with Gasteiger partial charge in [-0.25, -0.2) is 4.68 Å². The summed E-state index contributed by atoms with van der Waals surface area (Å²) in [6.45, 7) is 0.442. The Morgan fingerprint density at radius 2 is 2.00 bits per heavy atom. The van der Waals surface area contributed by atoms with Crippen LogP contribution in [0.25, 0.3) is 5.69 Å². The van der Waals surface area contributed by atoms with Crippen LogP contribution in [-0.2, 0) is 16.0 Å². The van der Waals surface area contributed by atoms with Crippen molar-refractivity contribution in [1.82, 2.24) is 14.7 Å². The Kier molecular flexibility index (Phi) is 5.30. The molecule has 2 rings (SSSR count). The van der Waals surface area contributed by atoms with Crippen LogP contribution >= 0.6 is 0 Å². The molecule has 0 bridgehead atoms. The van der Waals surface area contributed by atoms with Crippen LogP contribution in [0.15, 0.2) is 42.7 Å². The van der Waals surface area contributed by atoms with Crippen molar-refractivity contribution in [3.8, 4) is 5.69 Å². The highest BCUT2D eigenvalue weighted by Gasteiger charge is 2.11. The van der Waals surface area contributed by atoms with E-state index in [9.17, 15) is 9.59 Å². The first-order valence-corrected chi connectivity index (χ1v) is 7.11. The number of aliphatic carboxylic acids is 1. The topological polar surface area (TPSA) is 75.4 Å². The number of aromatic nitrogens is 2. The highest BCUT2D eigenvalue weighted by molar-refractivity contribution is 5.78. The van der Waals surface area contributed by atoms with Crippen LogP contribution in [0.2, 0.25) is 0 Å². The minimum atomic E-state index is -0.843. The number of hydrogen-bond donors (Lipinski definition) is 1. The standard InChI is InChI=1S/C16H19N3O3/c1-18(9-5-8-16(21)22)15(20)10-13-11-17-19(12-13)14-6-3-2-4-7-14/h2-4,6-7,11-12H,5,8-10H2,1H3,(H,21,22). The molecule has 0 fully saturated rings. The molecule has 1 aromatic heterocycles. The van der Waals surface area contributed by atoms with E-state index in [0.717, 1.165) is 11.3 Å². The average Bonchev–Trinajstić information content (AvgIpc) is 2.96. The zero-order chi connectivity index (χ0) is 15.9. The van der Waals surface area contributed by atoms with Crippen molar-refractivity contribution in [1.29, 1.82) is 0 Å². The van der Waals surface area contributed by atoms with E-state index in [4.69, 9.17) is 5.11 Å². The Balaban J connectivity index is 1.89. The minimum absolute atomic E-state index is 0.0435. The molecule has 1 N–H and O–H groups in total. The molecule has 0 radical (unpaired) electrons. The van der Waals surface area contributed by atoms with E-state index in [-0.39, 0.29) is 18.7 Å². The van der Waals surface area contributed by atoms with Gasteiger partial charge >= 0.3 is 5.97 Å². The van der Waals surface area contributed by atoms with Gasteiger partial charge in [0.25, 0.3) is 0 Å². The smallest absolute Gasteiger partial charge is 0.303 e. The molecule has 0 aliphatic heterocycles. The van der Waals surface area contributed by atoms with Gasteiger partial charge in [0.1, 0.15) is 0 Å². The molecule has 0 unspecified atom stereocenters. The molecule has 1 heterocycles. The van der Waals surface area contributed by atoms with Crippen LogP contribution in [-0.4, -0.2) is 45.3 Å². The second-order valence-corrected chi connectivity index (χ2v) is 5.12. The molecular weight excluding hydrogens is 282 g/mol. The Bertz CT molecular complexity index is 637. The molecule has 1 aromatic carbocycles. The maximum atomic E-state index is 12.1. The number of hydrogen-bond acceptors (Lipinski definition) is 3. The minimum Gasteiger partial charge on any atom is -0.481 e. The van der Waals surface area contributed by atoms with Crippen LogP contribution in [0.5, 0.6) is 0 Å². The molecule has 0 aliphatic rings. The van der Waals surface area contributed by atoms with Gasteiger partial charge in [-0.15, -0.1) is 0 Å². The van der Waals surface area contributed by atoms with Gasteiger partial charge in [-0.05, 0) is 24.1 Å². The number of para-hydroxylation sites is 1. The Hall–Kier alpha value is -2.63. The second-order valence-electron chi connectivity index (χ2n) is 5.12. The van der Waals surface area contributed by atoms with E-state index >= 15 is 0 Å². The molecule has 0 atom stereocenters. The van der Waals surface area contributed by atoms with E-state index in [1.165, 1.54) is 0 Å². The van der Waals surface area contributed by atoms with E-state index < -0.39 is 5.97 Å². The van der Waals surface area contributed by atoms with Gasteiger partial charge in [-0.3, -0.25) is 9.59 Å². The Morgan fingerprint density at radius 1 is 1.27 bits per heavy atom. The number of carboxylic acids is 1. The quantitative estimate of drug-likeness (QED) is 0.845. The predicted octanol–water partition coefficient (Wildman–Crippen LogP) is 1.74. The lowest BCUT2D eigenvalue weighted by Gasteiger charge is -2.15. The predicted molar refractivity (Wildman–Crippen MR) is 81.8 cm³/mol. The summed E-state index contributed by atoms with van der Waals surface area (Å²) in [7, 11) is 1.69. The number of benzene rings is 1. The maximum Gasteiger partial charge on any atom is 0.303 e. The first kappa shape index (κ1) is 15.8. The van der Waals surface area contributed by atoms with Crippen LogP contribution in [0.1, 0.15) is 18.4 Å². The van der Waals surface area contributed by atoms with E-state index in [0.29, 0.717) is 13.0 Å². The average molecular weight is 301 g/mol.